The molecular formula is C27H30N2O4S. The second-order valence-corrected chi connectivity index (χ2v) is 10.1. The van der Waals surface area contributed by atoms with Crippen molar-refractivity contribution in [1.82, 2.24) is 5.32 Å². The van der Waals surface area contributed by atoms with Gasteiger partial charge in [-0.05, 0) is 70.0 Å². The fourth-order valence-corrected chi connectivity index (χ4v) is 5.10. The molecule has 6 nitrogen and oxygen atoms in total. The smallest absolute Gasteiger partial charge is 0.338 e. The highest BCUT2D eigenvalue weighted by molar-refractivity contribution is 8.04. The second kappa shape index (κ2) is 10.5. The largest absolute Gasteiger partial charge is 0.459 e. The van der Waals surface area contributed by atoms with Gasteiger partial charge in [0.25, 0.3) is 11.8 Å². The lowest BCUT2D eigenvalue weighted by Gasteiger charge is -2.24. The summed E-state index contributed by atoms with van der Waals surface area (Å²) in [6, 6.07) is 14.5. The van der Waals surface area contributed by atoms with Gasteiger partial charge in [-0.15, -0.1) is 0 Å². The molecule has 1 heterocycles. The number of carbonyl (C=O) groups is 3. The van der Waals surface area contributed by atoms with Crippen LogP contribution in [0.2, 0.25) is 0 Å². The van der Waals surface area contributed by atoms with E-state index in [0.717, 1.165) is 36.1 Å². The van der Waals surface area contributed by atoms with Gasteiger partial charge in [0.1, 0.15) is 10.6 Å². The molecule has 0 radical (unpaired) electrons. The fourth-order valence-electron chi connectivity index (χ4n) is 4.17. The van der Waals surface area contributed by atoms with Gasteiger partial charge >= 0.3 is 5.97 Å². The average Bonchev–Trinajstić information content (AvgIpc) is 3.04. The summed E-state index contributed by atoms with van der Waals surface area (Å²) in [5.41, 5.74) is 2.30. The van der Waals surface area contributed by atoms with E-state index in [4.69, 9.17) is 4.74 Å². The van der Waals surface area contributed by atoms with Crippen molar-refractivity contribution < 1.29 is 19.1 Å². The number of nitrogens with one attached hydrogen (secondary N) is 1. The van der Waals surface area contributed by atoms with Gasteiger partial charge in [0.05, 0.1) is 17.4 Å². The number of thioether (sulfide) groups is 1. The quantitative estimate of drug-likeness (QED) is 0.427. The topological polar surface area (TPSA) is 75.7 Å². The minimum atomic E-state index is -0.436. The van der Waals surface area contributed by atoms with Crippen LogP contribution in [0.4, 0.5) is 5.69 Å². The summed E-state index contributed by atoms with van der Waals surface area (Å²) in [7, 11) is 0. The minimum Gasteiger partial charge on any atom is -0.459 e. The Hall–Kier alpha value is -3.06. The fraction of sp³-hybridized carbons (Fsp3) is 0.370. The van der Waals surface area contributed by atoms with Crippen molar-refractivity contribution in [3.8, 4) is 0 Å². The van der Waals surface area contributed by atoms with E-state index >= 15 is 0 Å². The highest BCUT2D eigenvalue weighted by Gasteiger charge is 2.41. The van der Waals surface area contributed by atoms with Crippen molar-refractivity contribution in [2.24, 2.45) is 0 Å². The van der Waals surface area contributed by atoms with Crippen LogP contribution in [0.3, 0.4) is 0 Å². The molecule has 0 bridgehead atoms. The molecule has 0 atom stereocenters. The van der Waals surface area contributed by atoms with Crippen LogP contribution >= 0.6 is 11.8 Å². The lowest BCUT2D eigenvalue weighted by atomic mass is 9.95. The SMILES string of the molecule is Cc1ccc(SC2=C(NC3CCCCC3)C(=O)N(c3ccc(C(=O)OC(C)C)cc3)C2=O)cc1. The van der Waals surface area contributed by atoms with Crippen LogP contribution in [0.5, 0.6) is 0 Å². The molecule has 1 fully saturated rings. The van der Waals surface area contributed by atoms with E-state index < -0.39 is 5.97 Å². The van der Waals surface area contributed by atoms with Gasteiger partial charge in [0.2, 0.25) is 0 Å². The van der Waals surface area contributed by atoms with E-state index in [0.29, 0.717) is 21.9 Å². The van der Waals surface area contributed by atoms with Gasteiger partial charge in [0.15, 0.2) is 0 Å². The molecule has 0 aromatic heterocycles. The number of imide groups is 1. The molecular weight excluding hydrogens is 448 g/mol. The van der Waals surface area contributed by atoms with Crippen LogP contribution in [-0.2, 0) is 14.3 Å². The number of ether oxygens (including phenoxy) is 1. The molecule has 0 unspecified atom stereocenters. The van der Waals surface area contributed by atoms with Crippen molar-refractivity contribution in [3.63, 3.8) is 0 Å². The van der Waals surface area contributed by atoms with Crippen LogP contribution in [0.15, 0.2) is 64.0 Å². The van der Waals surface area contributed by atoms with Crippen molar-refractivity contribution in [2.75, 3.05) is 4.90 Å². The molecule has 1 saturated carbocycles. The first kappa shape index (κ1) is 24.1. The molecule has 1 N–H and O–H groups in total. The maximum Gasteiger partial charge on any atom is 0.338 e. The molecule has 2 aliphatic rings. The summed E-state index contributed by atoms with van der Waals surface area (Å²) in [4.78, 5) is 41.7. The monoisotopic (exact) mass is 478 g/mol. The number of amides is 2. The Morgan fingerprint density at radius 1 is 0.971 bits per heavy atom. The van der Waals surface area contributed by atoms with E-state index in [9.17, 15) is 14.4 Å². The van der Waals surface area contributed by atoms with Crippen LogP contribution < -0.4 is 10.2 Å². The van der Waals surface area contributed by atoms with Crippen LogP contribution in [0.1, 0.15) is 61.9 Å². The number of benzene rings is 2. The first-order valence-corrected chi connectivity index (χ1v) is 12.6. The lowest BCUT2D eigenvalue weighted by molar-refractivity contribution is -0.120. The number of aryl methyl sites for hydroxylation is 1. The third kappa shape index (κ3) is 5.36. The molecule has 2 amide bonds. The Kier molecular flexibility index (Phi) is 7.41. The van der Waals surface area contributed by atoms with Crippen molar-refractivity contribution in [3.05, 3.63) is 70.3 Å². The molecule has 0 saturated heterocycles. The van der Waals surface area contributed by atoms with Crippen LogP contribution in [0.25, 0.3) is 0 Å². The van der Waals surface area contributed by atoms with Gasteiger partial charge in [-0.2, -0.15) is 0 Å². The Labute approximate surface area is 204 Å². The van der Waals surface area contributed by atoms with Crippen LogP contribution in [-0.4, -0.2) is 29.9 Å². The first-order chi connectivity index (χ1) is 16.3. The normalized spacial score (nSPS) is 17.0. The predicted molar refractivity (Wildman–Crippen MR) is 134 cm³/mol. The van der Waals surface area contributed by atoms with Gasteiger partial charge in [0, 0.05) is 10.9 Å². The minimum absolute atomic E-state index is 0.183. The van der Waals surface area contributed by atoms with Crippen molar-refractivity contribution in [1.29, 1.82) is 0 Å². The number of nitrogens with zero attached hydrogens (tertiary/aromatic N) is 1. The molecule has 0 spiro atoms. The molecule has 1 aliphatic heterocycles. The molecule has 2 aromatic carbocycles. The Morgan fingerprint density at radius 2 is 1.62 bits per heavy atom. The van der Waals surface area contributed by atoms with Crippen molar-refractivity contribution in [2.45, 2.75) is 69.9 Å². The number of esters is 1. The Morgan fingerprint density at radius 3 is 2.24 bits per heavy atom. The summed E-state index contributed by atoms with van der Waals surface area (Å²) in [6.45, 7) is 5.58. The van der Waals surface area contributed by atoms with Gasteiger partial charge < -0.3 is 10.1 Å². The van der Waals surface area contributed by atoms with E-state index in [1.807, 2.05) is 31.2 Å². The maximum atomic E-state index is 13.5. The molecule has 1 aliphatic carbocycles. The van der Waals surface area contributed by atoms with Crippen LogP contribution in [0, 0.1) is 6.92 Å². The zero-order chi connectivity index (χ0) is 24.2. The van der Waals surface area contributed by atoms with Crippen molar-refractivity contribution >= 4 is 35.2 Å². The Bertz CT molecular complexity index is 1100. The van der Waals surface area contributed by atoms with Gasteiger partial charge in [-0.3, -0.25) is 9.59 Å². The van der Waals surface area contributed by atoms with E-state index in [1.165, 1.54) is 23.1 Å². The number of anilines is 1. The van der Waals surface area contributed by atoms with E-state index in [1.54, 1.807) is 38.1 Å². The summed E-state index contributed by atoms with van der Waals surface area (Å²) in [5, 5.41) is 3.40. The van der Waals surface area contributed by atoms with E-state index in [-0.39, 0.29) is 24.0 Å². The molecule has 2 aromatic rings. The lowest BCUT2D eigenvalue weighted by Crippen LogP contribution is -2.37. The van der Waals surface area contributed by atoms with E-state index in [2.05, 4.69) is 5.32 Å². The summed E-state index contributed by atoms with van der Waals surface area (Å²) in [5.74, 6) is -1.15. The number of hydrogen-bond donors (Lipinski definition) is 1. The molecule has 7 heteroatoms. The second-order valence-electron chi connectivity index (χ2n) is 9.05. The molecule has 4 rings (SSSR count). The third-order valence-electron chi connectivity index (χ3n) is 5.94. The highest BCUT2D eigenvalue weighted by Crippen LogP contribution is 2.37. The number of carbonyl (C=O) groups excluding carboxylic acids is 3. The zero-order valence-corrected chi connectivity index (χ0v) is 20.6. The summed E-state index contributed by atoms with van der Waals surface area (Å²) >= 11 is 1.31. The number of hydrogen-bond acceptors (Lipinski definition) is 6. The first-order valence-electron chi connectivity index (χ1n) is 11.8. The maximum absolute atomic E-state index is 13.5. The predicted octanol–water partition coefficient (Wildman–Crippen LogP) is 5.36. The van der Waals surface area contributed by atoms with Gasteiger partial charge in [-0.25, -0.2) is 9.69 Å². The number of rotatable bonds is 7. The zero-order valence-electron chi connectivity index (χ0n) is 19.8. The summed E-state index contributed by atoms with van der Waals surface area (Å²) in [6.07, 6.45) is 5.18. The molecule has 178 valence electrons. The third-order valence-corrected chi connectivity index (χ3v) is 7.03. The Balaban J connectivity index is 1.61. The highest BCUT2D eigenvalue weighted by atomic mass is 32.2. The average molecular weight is 479 g/mol. The van der Waals surface area contributed by atoms with Gasteiger partial charge in [-0.1, -0.05) is 48.7 Å². The molecule has 34 heavy (non-hydrogen) atoms. The standard InChI is InChI=1S/C27H30N2O4S/c1-17(2)33-27(32)19-11-13-21(14-12-19)29-25(30)23(28-20-7-5-4-6-8-20)24(26(29)31)34-22-15-9-18(3)10-16-22/h9-17,20,28H,4-8H2,1-3H3. The summed E-state index contributed by atoms with van der Waals surface area (Å²) < 4.78 is 5.23.